The highest BCUT2D eigenvalue weighted by Crippen LogP contribution is 2.16. The van der Waals surface area contributed by atoms with Crippen molar-refractivity contribution in [3.05, 3.63) is 29.8 Å². The van der Waals surface area contributed by atoms with Crippen molar-refractivity contribution < 1.29 is 9.53 Å². The number of rotatable bonds is 13. The molecule has 0 heterocycles. The Bertz CT molecular complexity index is 374. The van der Waals surface area contributed by atoms with E-state index in [0.717, 1.165) is 6.42 Å². The van der Waals surface area contributed by atoms with Gasteiger partial charge in [0, 0.05) is 0 Å². The first-order valence-corrected chi connectivity index (χ1v) is 8.48. The number of unbranched alkanes of at least 4 members (excludes halogenated alkanes) is 9. The molecule has 0 aliphatic rings. The molecule has 1 aromatic rings. The van der Waals surface area contributed by atoms with Crippen LogP contribution in [0.5, 0.6) is 5.75 Å². The zero-order valence-electron chi connectivity index (χ0n) is 13.4. The maximum Gasteiger partial charge on any atom is 0.237 e. The largest absolute Gasteiger partial charge is 0.493 e. The van der Waals surface area contributed by atoms with E-state index < -0.39 is 0 Å². The van der Waals surface area contributed by atoms with Crippen LogP contribution in [0.15, 0.2) is 24.3 Å². The molecule has 0 amide bonds. The molecule has 117 valence electrons. The fourth-order valence-corrected chi connectivity index (χ4v) is 2.45. The Kier molecular flexibility index (Phi) is 10.5. The van der Waals surface area contributed by atoms with Crippen molar-refractivity contribution in [3.8, 4) is 5.75 Å². The summed E-state index contributed by atoms with van der Waals surface area (Å²) in [6.07, 6.45) is 15.1. The van der Waals surface area contributed by atoms with E-state index in [0.29, 0.717) is 17.9 Å². The van der Waals surface area contributed by atoms with Crippen LogP contribution < -0.4 is 4.74 Å². The first kappa shape index (κ1) is 17.7. The smallest absolute Gasteiger partial charge is 0.237 e. The zero-order valence-corrected chi connectivity index (χ0v) is 13.4. The minimum absolute atomic E-state index is 0.518. The Morgan fingerprint density at radius 1 is 0.857 bits per heavy atom. The molecular weight excluding hydrogens is 260 g/mol. The molecule has 0 fully saturated rings. The molecule has 1 aromatic carbocycles. The summed E-state index contributed by atoms with van der Waals surface area (Å²) in [6, 6.07) is 7.28. The van der Waals surface area contributed by atoms with Crippen LogP contribution in [0.1, 0.15) is 76.7 Å². The Labute approximate surface area is 129 Å². The normalized spacial score (nSPS) is 10.5. The lowest BCUT2D eigenvalue weighted by molar-refractivity contribution is 0.303. The molecular formula is C19H29O2. The molecule has 0 atom stereocenters. The SMILES string of the molecule is CCCCCCCCCCCCOc1ccccc1[C]=O. The molecule has 0 aliphatic carbocycles. The molecule has 0 saturated heterocycles. The standard InChI is InChI=1S/C19H29O2/c1-2-3-4-5-6-7-8-9-10-13-16-21-19-15-12-11-14-18(19)17-20/h11-12,14-15H,2-10,13,16H2,1H3. The number of hydrogen-bond acceptors (Lipinski definition) is 2. The van der Waals surface area contributed by atoms with Gasteiger partial charge in [0.15, 0.2) is 0 Å². The Hall–Kier alpha value is -1.31. The summed E-state index contributed by atoms with van der Waals surface area (Å²) in [7, 11) is 0. The van der Waals surface area contributed by atoms with Gasteiger partial charge in [-0.25, -0.2) is 0 Å². The van der Waals surface area contributed by atoms with Crippen LogP contribution in [0.4, 0.5) is 0 Å². The van der Waals surface area contributed by atoms with Crippen molar-refractivity contribution in [1.82, 2.24) is 0 Å². The second-order valence-corrected chi connectivity index (χ2v) is 5.63. The van der Waals surface area contributed by atoms with E-state index >= 15 is 0 Å². The molecule has 2 nitrogen and oxygen atoms in total. The third kappa shape index (κ3) is 8.54. The predicted octanol–water partition coefficient (Wildman–Crippen LogP) is 5.44. The van der Waals surface area contributed by atoms with Gasteiger partial charge >= 0.3 is 0 Å². The fourth-order valence-electron chi connectivity index (χ4n) is 2.45. The molecule has 2 heteroatoms. The Morgan fingerprint density at radius 2 is 1.43 bits per heavy atom. The van der Waals surface area contributed by atoms with Crippen molar-refractivity contribution in [2.45, 2.75) is 71.1 Å². The van der Waals surface area contributed by atoms with Crippen LogP contribution in [-0.4, -0.2) is 12.9 Å². The molecule has 0 aromatic heterocycles. The Balaban J connectivity index is 1.94. The number of hydrogen-bond donors (Lipinski definition) is 0. The number of ether oxygens (including phenoxy) is 1. The lowest BCUT2D eigenvalue weighted by Gasteiger charge is -2.07. The van der Waals surface area contributed by atoms with Crippen molar-refractivity contribution in [1.29, 1.82) is 0 Å². The van der Waals surface area contributed by atoms with Gasteiger partial charge in [-0.2, -0.15) is 0 Å². The highest BCUT2D eigenvalue weighted by Gasteiger charge is 2.01. The summed E-state index contributed by atoms with van der Waals surface area (Å²) >= 11 is 0. The van der Waals surface area contributed by atoms with Crippen LogP contribution >= 0.6 is 0 Å². The predicted molar refractivity (Wildman–Crippen MR) is 88.6 cm³/mol. The van der Waals surface area contributed by atoms with Crippen LogP contribution in [0.3, 0.4) is 0 Å². The van der Waals surface area contributed by atoms with E-state index in [2.05, 4.69) is 6.92 Å². The van der Waals surface area contributed by atoms with Gasteiger partial charge in [0.05, 0.1) is 12.2 Å². The van der Waals surface area contributed by atoms with E-state index in [4.69, 9.17) is 4.74 Å². The molecule has 0 spiro atoms. The lowest BCUT2D eigenvalue weighted by atomic mass is 10.1. The number of benzene rings is 1. The van der Waals surface area contributed by atoms with Crippen LogP contribution in [-0.2, 0) is 4.79 Å². The summed E-state index contributed by atoms with van der Waals surface area (Å²) < 4.78 is 5.64. The summed E-state index contributed by atoms with van der Waals surface area (Å²) in [5, 5.41) is 0. The topological polar surface area (TPSA) is 26.3 Å². The molecule has 0 unspecified atom stereocenters. The van der Waals surface area contributed by atoms with Gasteiger partial charge in [-0.3, -0.25) is 4.79 Å². The van der Waals surface area contributed by atoms with E-state index in [9.17, 15) is 4.79 Å². The molecule has 0 saturated carbocycles. The fraction of sp³-hybridized carbons (Fsp3) is 0.632. The van der Waals surface area contributed by atoms with E-state index in [1.54, 1.807) is 6.07 Å². The van der Waals surface area contributed by atoms with Crippen molar-refractivity contribution in [2.75, 3.05) is 6.61 Å². The second kappa shape index (κ2) is 12.4. The van der Waals surface area contributed by atoms with Gasteiger partial charge in [-0.1, -0.05) is 76.8 Å². The Morgan fingerprint density at radius 3 is 2.05 bits per heavy atom. The first-order chi connectivity index (χ1) is 10.4. The second-order valence-electron chi connectivity index (χ2n) is 5.63. The third-order valence-corrected chi connectivity index (χ3v) is 3.75. The van der Waals surface area contributed by atoms with Gasteiger partial charge < -0.3 is 4.74 Å². The molecule has 1 rings (SSSR count). The van der Waals surface area contributed by atoms with Crippen LogP contribution in [0.25, 0.3) is 0 Å². The van der Waals surface area contributed by atoms with Crippen molar-refractivity contribution >= 4 is 6.29 Å². The van der Waals surface area contributed by atoms with Crippen LogP contribution in [0, 0.1) is 0 Å². The third-order valence-electron chi connectivity index (χ3n) is 3.75. The van der Waals surface area contributed by atoms with Crippen molar-refractivity contribution in [2.24, 2.45) is 0 Å². The minimum Gasteiger partial charge on any atom is -0.493 e. The highest BCUT2D eigenvalue weighted by atomic mass is 16.5. The average molecular weight is 289 g/mol. The lowest BCUT2D eigenvalue weighted by Crippen LogP contribution is -1.99. The summed E-state index contributed by atoms with van der Waals surface area (Å²) in [4.78, 5) is 10.7. The number of para-hydroxylation sites is 1. The average Bonchev–Trinajstić information content (AvgIpc) is 2.53. The van der Waals surface area contributed by atoms with Crippen molar-refractivity contribution in [3.63, 3.8) is 0 Å². The first-order valence-electron chi connectivity index (χ1n) is 8.48. The molecule has 0 aliphatic heterocycles. The van der Waals surface area contributed by atoms with Gasteiger partial charge in [-0.15, -0.1) is 0 Å². The zero-order chi connectivity index (χ0) is 15.2. The van der Waals surface area contributed by atoms with Gasteiger partial charge in [0.2, 0.25) is 6.29 Å². The van der Waals surface area contributed by atoms with E-state index in [1.165, 1.54) is 57.8 Å². The highest BCUT2D eigenvalue weighted by molar-refractivity contribution is 5.79. The van der Waals surface area contributed by atoms with Crippen LogP contribution in [0.2, 0.25) is 0 Å². The summed E-state index contributed by atoms with van der Waals surface area (Å²) in [5.74, 6) is 0.656. The van der Waals surface area contributed by atoms with E-state index in [-0.39, 0.29) is 0 Å². The minimum atomic E-state index is 0.518. The molecule has 0 N–H and O–H groups in total. The monoisotopic (exact) mass is 289 g/mol. The van der Waals surface area contributed by atoms with Gasteiger partial charge in [-0.05, 0) is 18.6 Å². The van der Waals surface area contributed by atoms with E-state index in [1.807, 2.05) is 24.5 Å². The maximum atomic E-state index is 10.7. The molecule has 0 bridgehead atoms. The summed E-state index contributed by atoms with van der Waals surface area (Å²) in [6.45, 7) is 2.95. The number of carbonyl (C=O) groups excluding carboxylic acids is 1. The molecule has 1 radical (unpaired) electrons. The summed E-state index contributed by atoms with van der Waals surface area (Å²) in [5.41, 5.74) is 0.518. The van der Waals surface area contributed by atoms with Gasteiger partial charge in [0.25, 0.3) is 0 Å². The molecule has 21 heavy (non-hydrogen) atoms. The maximum absolute atomic E-state index is 10.7. The van der Waals surface area contributed by atoms with Gasteiger partial charge in [0.1, 0.15) is 5.75 Å². The quantitative estimate of drug-likeness (QED) is 0.452.